The Balaban J connectivity index is 2.14. The summed E-state index contributed by atoms with van der Waals surface area (Å²) in [5.74, 6) is 1.57. The lowest BCUT2D eigenvalue weighted by molar-refractivity contribution is 0.404. The van der Waals surface area contributed by atoms with Crippen LogP contribution in [0.2, 0.25) is 5.02 Å². The van der Waals surface area contributed by atoms with E-state index in [1.807, 2.05) is 42.5 Å². The number of rotatable bonds is 5. The van der Waals surface area contributed by atoms with Gasteiger partial charge in [-0.3, -0.25) is 0 Å². The van der Waals surface area contributed by atoms with Crippen molar-refractivity contribution >= 4 is 17.3 Å². The molecule has 0 bridgehead atoms. The average molecular weight is 278 g/mol. The molecule has 0 aliphatic heterocycles. The molecule has 2 rings (SSSR count). The van der Waals surface area contributed by atoms with Gasteiger partial charge in [-0.1, -0.05) is 23.7 Å². The van der Waals surface area contributed by atoms with Gasteiger partial charge in [0, 0.05) is 17.6 Å². The van der Waals surface area contributed by atoms with Crippen LogP contribution in [0.15, 0.2) is 42.5 Å². The zero-order valence-electron chi connectivity index (χ0n) is 10.9. The molecule has 0 amide bonds. The molecular formula is C15H16ClNO2. The van der Waals surface area contributed by atoms with E-state index >= 15 is 0 Å². The first-order valence-corrected chi connectivity index (χ1v) is 6.31. The highest BCUT2D eigenvalue weighted by molar-refractivity contribution is 6.30. The quantitative estimate of drug-likeness (QED) is 0.897. The molecule has 2 aromatic carbocycles. The standard InChI is InChI=1S/C15H16ClNO2/c1-18-13-6-7-15(19-2)14(9-13)17-10-11-4-3-5-12(16)8-11/h3-9,17H,10H2,1-2H3. The first kappa shape index (κ1) is 13.6. The van der Waals surface area contributed by atoms with Crippen molar-refractivity contribution in [1.29, 1.82) is 0 Å². The molecule has 0 saturated carbocycles. The maximum Gasteiger partial charge on any atom is 0.142 e. The van der Waals surface area contributed by atoms with Gasteiger partial charge in [-0.15, -0.1) is 0 Å². The summed E-state index contributed by atoms with van der Waals surface area (Å²) in [5, 5.41) is 4.05. The summed E-state index contributed by atoms with van der Waals surface area (Å²) in [5.41, 5.74) is 2.00. The fraction of sp³-hybridized carbons (Fsp3) is 0.200. The van der Waals surface area contributed by atoms with Crippen LogP contribution in [0.4, 0.5) is 5.69 Å². The predicted octanol–water partition coefficient (Wildman–Crippen LogP) is 3.97. The van der Waals surface area contributed by atoms with Crippen molar-refractivity contribution in [2.24, 2.45) is 0 Å². The van der Waals surface area contributed by atoms with Crippen LogP contribution in [-0.2, 0) is 6.54 Å². The van der Waals surface area contributed by atoms with Gasteiger partial charge in [-0.05, 0) is 29.8 Å². The fourth-order valence-corrected chi connectivity index (χ4v) is 2.01. The number of halogens is 1. The van der Waals surface area contributed by atoms with Crippen LogP contribution in [0, 0.1) is 0 Å². The summed E-state index contributed by atoms with van der Waals surface area (Å²) in [7, 11) is 3.29. The van der Waals surface area contributed by atoms with E-state index < -0.39 is 0 Å². The van der Waals surface area contributed by atoms with Crippen LogP contribution in [-0.4, -0.2) is 14.2 Å². The summed E-state index contributed by atoms with van der Waals surface area (Å²) in [6.45, 7) is 0.671. The lowest BCUT2D eigenvalue weighted by Crippen LogP contribution is -2.01. The Morgan fingerprint density at radius 3 is 2.58 bits per heavy atom. The van der Waals surface area contributed by atoms with Crippen molar-refractivity contribution in [3.63, 3.8) is 0 Å². The Hall–Kier alpha value is -1.87. The van der Waals surface area contributed by atoms with Crippen LogP contribution in [0.3, 0.4) is 0 Å². The lowest BCUT2D eigenvalue weighted by Gasteiger charge is -2.12. The third-order valence-electron chi connectivity index (χ3n) is 2.78. The van der Waals surface area contributed by atoms with E-state index in [9.17, 15) is 0 Å². The van der Waals surface area contributed by atoms with Gasteiger partial charge in [-0.25, -0.2) is 0 Å². The van der Waals surface area contributed by atoms with Crippen LogP contribution >= 0.6 is 11.6 Å². The third-order valence-corrected chi connectivity index (χ3v) is 3.01. The summed E-state index contributed by atoms with van der Waals surface area (Å²) >= 11 is 5.96. The maximum atomic E-state index is 5.96. The summed E-state index contributed by atoms with van der Waals surface area (Å²) < 4.78 is 10.5. The number of benzene rings is 2. The van der Waals surface area contributed by atoms with Crippen LogP contribution in [0.25, 0.3) is 0 Å². The van der Waals surface area contributed by atoms with Crippen molar-refractivity contribution in [2.75, 3.05) is 19.5 Å². The molecule has 19 heavy (non-hydrogen) atoms. The van der Waals surface area contributed by atoms with Crippen molar-refractivity contribution in [2.45, 2.75) is 6.54 Å². The van der Waals surface area contributed by atoms with Gasteiger partial charge in [-0.2, -0.15) is 0 Å². The second-order valence-electron chi connectivity index (χ2n) is 4.05. The van der Waals surface area contributed by atoms with E-state index in [0.717, 1.165) is 27.8 Å². The molecule has 0 saturated heterocycles. The van der Waals surface area contributed by atoms with E-state index in [-0.39, 0.29) is 0 Å². The van der Waals surface area contributed by atoms with Gasteiger partial charge in [0.2, 0.25) is 0 Å². The minimum Gasteiger partial charge on any atom is -0.497 e. The lowest BCUT2D eigenvalue weighted by atomic mass is 10.2. The Bertz CT molecular complexity index is 558. The maximum absolute atomic E-state index is 5.96. The van der Waals surface area contributed by atoms with Gasteiger partial charge in [0.1, 0.15) is 11.5 Å². The summed E-state index contributed by atoms with van der Waals surface area (Å²) in [6, 6.07) is 13.4. The molecule has 4 heteroatoms. The van der Waals surface area contributed by atoms with E-state index in [4.69, 9.17) is 21.1 Å². The van der Waals surface area contributed by atoms with Crippen molar-refractivity contribution in [1.82, 2.24) is 0 Å². The molecule has 0 aliphatic rings. The second kappa shape index (κ2) is 6.34. The zero-order valence-corrected chi connectivity index (χ0v) is 11.7. The van der Waals surface area contributed by atoms with Gasteiger partial charge in [0.05, 0.1) is 19.9 Å². The van der Waals surface area contributed by atoms with Gasteiger partial charge >= 0.3 is 0 Å². The number of anilines is 1. The van der Waals surface area contributed by atoms with Crippen LogP contribution < -0.4 is 14.8 Å². The van der Waals surface area contributed by atoms with Crippen molar-refractivity contribution in [3.8, 4) is 11.5 Å². The number of ether oxygens (including phenoxy) is 2. The van der Waals surface area contributed by atoms with Gasteiger partial charge < -0.3 is 14.8 Å². The van der Waals surface area contributed by atoms with E-state index in [0.29, 0.717) is 6.54 Å². The Labute approximate surface area is 118 Å². The molecule has 2 aromatic rings. The Morgan fingerprint density at radius 1 is 1.05 bits per heavy atom. The molecular weight excluding hydrogens is 262 g/mol. The monoisotopic (exact) mass is 277 g/mol. The van der Waals surface area contributed by atoms with Crippen molar-refractivity contribution in [3.05, 3.63) is 53.1 Å². The number of methoxy groups -OCH3 is 2. The van der Waals surface area contributed by atoms with E-state index in [2.05, 4.69) is 5.32 Å². The Kier molecular flexibility index (Phi) is 4.53. The summed E-state index contributed by atoms with van der Waals surface area (Å²) in [4.78, 5) is 0. The largest absolute Gasteiger partial charge is 0.497 e. The molecule has 0 atom stereocenters. The van der Waals surface area contributed by atoms with E-state index in [1.165, 1.54) is 0 Å². The Morgan fingerprint density at radius 2 is 1.89 bits per heavy atom. The minimum absolute atomic E-state index is 0.671. The topological polar surface area (TPSA) is 30.5 Å². The highest BCUT2D eigenvalue weighted by Gasteiger charge is 2.04. The minimum atomic E-state index is 0.671. The smallest absolute Gasteiger partial charge is 0.142 e. The highest BCUT2D eigenvalue weighted by atomic mass is 35.5. The molecule has 0 aliphatic carbocycles. The normalized spacial score (nSPS) is 10.1. The first-order chi connectivity index (χ1) is 9.22. The molecule has 0 heterocycles. The van der Waals surface area contributed by atoms with Gasteiger partial charge in [0.25, 0.3) is 0 Å². The number of nitrogens with one attached hydrogen (secondary N) is 1. The number of hydrogen-bond acceptors (Lipinski definition) is 3. The molecule has 100 valence electrons. The molecule has 0 spiro atoms. The molecule has 0 unspecified atom stereocenters. The summed E-state index contributed by atoms with van der Waals surface area (Å²) in [6.07, 6.45) is 0. The fourth-order valence-electron chi connectivity index (χ4n) is 1.80. The molecule has 3 nitrogen and oxygen atoms in total. The molecule has 0 aromatic heterocycles. The van der Waals surface area contributed by atoms with E-state index in [1.54, 1.807) is 14.2 Å². The van der Waals surface area contributed by atoms with Gasteiger partial charge in [0.15, 0.2) is 0 Å². The zero-order chi connectivity index (χ0) is 13.7. The number of hydrogen-bond donors (Lipinski definition) is 1. The average Bonchev–Trinajstić information content (AvgIpc) is 2.45. The van der Waals surface area contributed by atoms with Crippen LogP contribution in [0.5, 0.6) is 11.5 Å². The molecule has 1 N–H and O–H groups in total. The molecule has 0 fully saturated rings. The SMILES string of the molecule is COc1ccc(OC)c(NCc2cccc(Cl)c2)c1. The third kappa shape index (κ3) is 3.55. The van der Waals surface area contributed by atoms with Crippen molar-refractivity contribution < 1.29 is 9.47 Å². The predicted molar refractivity (Wildman–Crippen MR) is 78.3 cm³/mol. The second-order valence-corrected chi connectivity index (χ2v) is 4.49. The highest BCUT2D eigenvalue weighted by Crippen LogP contribution is 2.29. The van der Waals surface area contributed by atoms with Crippen LogP contribution in [0.1, 0.15) is 5.56 Å². The molecule has 0 radical (unpaired) electrons. The first-order valence-electron chi connectivity index (χ1n) is 5.93.